The Morgan fingerprint density at radius 3 is 2.38 bits per heavy atom. The fourth-order valence-electron chi connectivity index (χ4n) is 1.65. The Bertz CT molecular complexity index is 415. The first-order chi connectivity index (χ1) is 7.83. The number of hydrogen-bond donors (Lipinski definition) is 0. The number of nitrogens with zero attached hydrogens (tertiary/aromatic N) is 1. The summed E-state index contributed by atoms with van der Waals surface area (Å²) in [6.07, 6.45) is 7.45. The van der Waals surface area contributed by atoms with Gasteiger partial charge in [-0.2, -0.15) is 0 Å². The third-order valence-electron chi connectivity index (χ3n) is 2.27. The Hall–Kier alpha value is -1.37. The average molecular weight is 215 g/mol. The van der Waals surface area contributed by atoms with Gasteiger partial charge >= 0.3 is 0 Å². The van der Waals surface area contributed by atoms with E-state index in [0.29, 0.717) is 0 Å². The summed E-state index contributed by atoms with van der Waals surface area (Å²) < 4.78 is 0. The van der Waals surface area contributed by atoms with Crippen molar-refractivity contribution in [2.75, 3.05) is 0 Å². The van der Waals surface area contributed by atoms with Crippen molar-refractivity contribution in [1.82, 2.24) is 4.98 Å². The van der Waals surface area contributed by atoms with Crippen LogP contribution >= 0.6 is 0 Å². The number of rotatable bonds is 2. The van der Waals surface area contributed by atoms with E-state index in [1.807, 2.05) is 12.4 Å². The molecule has 0 aliphatic rings. The molecule has 0 N–H and O–H groups in total. The monoisotopic (exact) mass is 215 g/mol. The largest absolute Gasteiger partial charge is 0.264 e. The van der Waals surface area contributed by atoms with Gasteiger partial charge in [-0.3, -0.25) is 4.98 Å². The number of fused-ring (bicyclic) bond motifs is 1. The van der Waals surface area contributed by atoms with Crippen LogP contribution in [0.25, 0.3) is 10.8 Å². The zero-order valence-electron chi connectivity index (χ0n) is 10.5. The highest BCUT2D eigenvalue weighted by atomic mass is 14.6. The van der Waals surface area contributed by atoms with Crippen molar-refractivity contribution in [1.29, 1.82) is 0 Å². The minimum Gasteiger partial charge on any atom is -0.264 e. The van der Waals surface area contributed by atoms with Gasteiger partial charge in [-0.05, 0) is 17.4 Å². The quantitative estimate of drug-likeness (QED) is 0.713. The van der Waals surface area contributed by atoms with Crippen LogP contribution in [-0.4, -0.2) is 4.98 Å². The van der Waals surface area contributed by atoms with Gasteiger partial charge in [-0.15, -0.1) is 0 Å². The topological polar surface area (TPSA) is 12.9 Å². The Kier molecular flexibility index (Phi) is 5.55. The highest BCUT2D eigenvalue weighted by molar-refractivity contribution is 5.84. The van der Waals surface area contributed by atoms with Crippen LogP contribution in [0.4, 0.5) is 0 Å². The molecule has 16 heavy (non-hydrogen) atoms. The molecular formula is C15H21N. The molecule has 0 saturated heterocycles. The second-order valence-corrected chi connectivity index (χ2v) is 3.98. The maximum atomic E-state index is 4.23. The van der Waals surface area contributed by atoms with Crippen LogP contribution in [0.5, 0.6) is 0 Å². The highest BCUT2D eigenvalue weighted by Crippen LogP contribution is 2.17. The second-order valence-electron chi connectivity index (χ2n) is 3.98. The Morgan fingerprint density at radius 2 is 1.69 bits per heavy atom. The molecule has 2 rings (SSSR count). The minimum absolute atomic E-state index is 1.12. The summed E-state index contributed by atoms with van der Waals surface area (Å²) in [4.78, 5) is 4.23. The SMILES string of the molecule is CCC.CCCc1cncc2ccccc12. The van der Waals surface area contributed by atoms with Crippen molar-refractivity contribution in [3.8, 4) is 0 Å². The van der Waals surface area contributed by atoms with Gasteiger partial charge in [0.1, 0.15) is 0 Å². The van der Waals surface area contributed by atoms with Crippen LogP contribution in [0.1, 0.15) is 39.2 Å². The van der Waals surface area contributed by atoms with Crippen LogP contribution in [0, 0.1) is 0 Å². The van der Waals surface area contributed by atoms with E-state index in [9.17, 15) is 0 Å². The molecule has 1 aromatic heterocycles. The summed E-state index contributed by atoms with van der Waals surface area (Å²) in [7, 11) is 0. The Morgan fingerprint density at radius 1 is 1.00 bits per heavy atom. The fraction of sp³-hybridized carbons (Fsp3) is 0.400. The molecule has 1 aromatic carbocycles. The van der Waals surface area contributed by atoms with Gasteiger partial charge in [-0.1, -0.05) is 57.9 Å². The molecule has 0 radical (unpaired) electrons. The zero-order chi connectivity index (χ0) is 11.8. The molecule has 1 nitrogen and oxygen atoms in total. The van der Waals surface area contributed by atoms with E-state index in [0.717, 1.165) is 6.42 Å². The third kappa shape index (κ3) is 3.34. The van der Waals surface area contributed by atoms with Crippen molar-refractivity contribution in [2.24, 2.45) is 0 Å². The van der Waals surface area contributed by atoms with Gasteiger partial charge in [0.05, 0.1) is 0 Å². The van der Waals surface area contributed by atoms with Crippen LogP contribution < -0.4 is 0 Å². The van der Waals surface area contributed by atoms with Crippen molar-refractivity contribution in [3.05, 3.63) is 42.2 Å². The van der Waals surface area contributed by atoms with E-state index in [1.54, 1.807) is 0 Å². The lowest BCUT2D eigenvalue weighted by Gasteiger charge is -2.03. The lowest BCUT2D eigenvalue weighted by atomic mass is 10.0. The molecule has 1 heteroatoms. The van der Waals surface area contributed by atoms with Gasteiger partial charge in [0, 0.05) is 17.8 Å². The van der Waals surface area contributed by atoms with Crippen LogP contribution in [0.3, 0.4) is 0 Å². The van der Waals surface area contributed by atoms with Crippen molar-refractivity contribution in [2.45, 2.75) is 40.0 Å². The number of hydrogen-bond acceptors (Lipinski definition) is 1. The molecule has 0 aliphatic carbocycles. The lowest BCUT2D eigenvalue weighted by Crippen LogP contribution is -1.87. The van der Waals surface area contributed by atoms with Gasteiger partial charge in [0.25, 0.3) is 0 Å². The molecule has 2 aromatic rings. The first kappa shape index (κ1) is 12.7. The Balaban J connectivity index is 0.000000386. The van der Waals surface area contributed by atoms with E-state index in [2.05, 4.69) is 50.0 Å². The Labute approximate surface area is 98.5 Å². The predicted molar refractivity (Wildman–Crippen MR) is 71.7 cm³/mol. The van der Waals surface area contributed by atoms with Gasteiger partial charge in [0.15, 0.2) is 0 Å². The highest BCUT2D eigenvalue weighted by Gasteiger charge is 1.98. The second kappa shape index (κ2) is 7.00. The number of aryl methyl sites for hydroxylation is 1. The first-order valence-electron chi connectivity index (χ1n) is 6.15. The molecular weight excluding hydrogens is 194 g/mol. The lowest BCUT2D eigenvalue weighted by molar-refractivity contribution is 0.923. The van der Waals surface area contributed by atoms with Crippen molar-refractivity contribution >= 4 is 10.8 Å². The zero-order valence-corrected chi connectivity index (χ0v) is 10.5. The maximum Gasteiger partial charge on any atom is 0.0346 e. The maximum absolute atomic E-state index is 4.23. The number of aromatic nitrogens is 1. The van der Waals surface area contributed by atoms with Gasteiger partial charge in [0.2, 0.25) is 0 Å². The van der Waals surface area contributed by atoms with Crippen LogP contribution in [0.15, 0.2) is 36.7 Å². The standard InChI is InChI=1S/C12H13N.C3H8/c1-2-5-10-8-13-9-11-6-3-4-7-12(10)11;1-3-2/h3-4,6-9H,2,5H2,1H3;3H2,1-2H3. The third-order valence-corrected chi connectivity index (χ3v) is 2.27. The minimum atomic E-state index is 1.12. The number of benzene rings is 1. The summed E-state index contributed by atoms with van der Waals surface area (Å²) in [6.45, 7) is 6.45. The van der Waals surface area contributed by atoms with E-state index in [-0.39, 0.29) is 0 Å². The fourth-order valence-corrected chi connectivity index (χ4v) is 1.65. The van der Waals surface area contributed by atoms with E-state index in [4.69, 9.17) is 0 Å². The molecule has 0 fully saturated rings. The van der Waals surface area contributed by atoms with E-state index in [1.165, 1.54) is 29.2 Å². The molecule has 0 saturated carbocycles. The summed E-state index contributed by atoms with van der Waals surface area (Å²) in [5, 5.41) is 2.59. The molecule has 0 bridgehead atoms. The molecule has 1 heterocycles. The summed E-state index contributed by atoms with van der Waals surface area (Å²) >= 11 is 0. The molecule has 86 valence electrons. The molecule has 0 aliphatic heterocycles. The van der Waals surface area contributed by atoms with Crippen LogP contribution in [0.2, 0.25) is 0 Å². The van der Waals surface area contributed by atoms with E-state index < -0.39 is 0 Å². The van der Waals surface area contributed by atoms with Crippen LogP contribution in [-0.2, 0) is 6.42 Å². The van der Waals surface area contributed by atoms with Crippen molar-refractivity contribution < 1.29 is 0 Å². The summed E-state index contributed by atoms with van der Waals surface area (Å²) in [6, 6.07) is 8.42. The normalized spacial score (nSPS) is 9.69. The molecule has 0 amide bonds. The van der Waals surface area contributed by atoms with E-state index >= 15 is 0 Å². The van der Waals surface area contributed by atoms with Gasteiger partial charge < -0.3 is 0 Å². The molecule has 0 spiro atoms. The summed E-state index contributed by atoms with van der Waals surface area (Å²) in [5.41, 5.74) is 1.36. The number of pyridine rings is 1. The molecule has 0 atom stereocenters. The predicted octanol–water partition coefficient (Wildman–Crippen LogP) is 4.60. The average Bonchev–Trinajstić information content (AvgIpc) is 2.31. The first-order valence-corrected chi connectivity index (χ1v) is 6.15. The smallest absolute Gasteiger partial charge is 0.0346 e. The van der Waals surface area contributed by atoms with Gasteiger partial charge in [-0.25, -0.2) is 0 Å². The summed E-state index contributed by atoms with van der Waals surface area (Å²) in [5.74, 6) is 0. The van der Waals surface area contributed by atoms with Crippen molar-refractivity contribution in [3.63, 3.8) is 0 Å². The molecule has 0 unspecified atom stereocenters.